The molecule has 1 N–H and O–H groups in total. The zero-order valence-corrected chi connectivity index (χ0v) is 12.5. The van der Waals surface area contributed by atoms with Crippen molar-refractivity contribution in [2.24, 2.45) is 0 Å². The molecule has 0 amide bonds. The molecular weight excluding hydrogens is 264 g/mol. The Kier molecular flexibility index (Phi) is 4.01. The van der Waals surface area contributed by atoms with Crippen molar-refractivity contribution in [2.45, 2.75) is 13.8 Å². The standard InChI is InChI=1S/C16H20N4O/c1-12-4-3-5-14(13(12)2)18-16-17-7-6-15(19-16)20-8-10-21-11-9-20/h3-7H,8-11H2,1-2H3,(H,17,18,19). The summed E-state index contributed by atoms with van der Waals surface area (Å²) >= 11 is 0. The second-order valence-corrected chi connectivity index (χ2v) is 5.21. The third-order valence-electron chi connectivity index (χ3n) is 3.83. The van der Waals surface area contributed by atoms with Gasteiger partial charge in [-0.1, -0.05) is 12.1 Å². The van der Waals surface area contributed by atoms with Crippen molar-refractivity contribution in [1.82, 2.24) is 9.97 Å². The van der Waals surface area contributed by atoms with Gasteiger partial charge in [-0.2, -0.15) is 4.98 Å². The van der Waals surface area contributed by atoms with Gasteiger partial charge in [0.2, 0.25) is 5.95 Å². The van der Waals surface area contributed by atoms with Gasteiger partial charge in [0.25, 0.3) is 0 Å². The number of nitrogens with zero attached hydrogens (tertiary/aromatic N) is 3. The molecule has 1 saturated heterocycles. The minimum Gasteiger partial charge on any atom is -0.378 e. The van der Waals surface area contributed by atoms with Crippen LogP contribution in [0, 0.1) is 13.8 Å². The van der Waals surface area contributed by atoms with E-state index in [0.29, 0.717) is 5.95 Å². The lowest BCUT2D eigenvalue weighted by atomic mass is 10.1. The topological polar surface area (TPSA) is 50.3 Å². The number of rotatable bonds is 3. The Morgan fingerprint density at radius 1 is 1.14 bits per heavy atom. The first-order valence-electron chi connectivity index (χ1n) is 7.23. The van der Waals surface area contributed by atoms with Crippen LogP contribution in [-0.2, 0) is 4.74 Å². The minimum absolute atomic E-state index is 0.632. The van der Waals surface area contributed by atoms with Crippen molar-refractivity contribution >= 4 is 17.5 Å². The molecule has 5 nitrogen and oxygen atoms in total. The molecule has 0 spiro atoms. The van der Waals surface area contributed by atoms with E-state index >= 15 is 0 Å². The van der Waals surface area contributed by atoms with Crippen LogP contribution in [0.1, 0.15) is 11.1 Å². The molecule has 0 atom stereocenters. The lowest BCUT2D eigenvalue weighted by Gasteiger charge is -2.27. The van der Waals surface area contributed by atoms with Gasteiger partial charge in [0.1, 0.15) is 5.82 Å². The maximum atomic E-state index is 5.38. The molecule has 0 radical (unpaired) electrons. The van der Waals surface area contributed by atoms with E-state index in [9.17, 15) is 0 Å². The van der Waals surface area contributed by atoms with Crippen molar-refractivity contribution in [2.75, 3.05) is 36.5 Å². The predicted octanol–water partition coefficient (Wildman–Crippen LogP) is 2.67. The molecule has 0 aliphatic carbocycles. The Bertz CT molecular complexity index is 623. The predicted molar refractivity (Wildman–Crippen MR) is 84.3 cm³/mol. The minimum atomic E-state index is 0.632. The van der Waals surface area contributed by atoms with Gasteiger partial charge in [0.15, 0.2) is 0 Å². The highest BCUT2D eigenvalue weighted by Crippen LogP contribution is 2.22. The average molecular weight is 284 g/mol. The van der Waals surface area contributed by atoms with Crippen LogP contribution in [0.25, 0.3) is 0 Å². The molecule has 1 aliphatic rings. The summed E-state index contributed by atoms with van der Waals surface area (Å²) in [5.41, 5.74) is 3.52. The number of benzene rings is 1. The van der Waals surface area contributed by atoms with Crippen LogP contribution in [0.2, 0.25) is 0 Å². The lowest BCUT2D eigenvalue weighted by Crippen LogP contribution is -2.36. The molecule has 2 aromatic rings. The van der Waals surface area contributed by atoms with Gasteiger partial charge >= 0.3 is 0 Å². The molecule has 1 fully saturated rings. The Labute approximate surface area is 125 Å². The summed E-state index contributed by atoms with van der Waals surface area (Å²) in [6.45, 7) is 7.46. The second-order valence-electron chi connectivity index (χ2n) is 5.21. The second kappa shape index (κ2) is 6.10. The largest absolute Gasteiger partial charge is 0.378 e. The van der Waals surface area contributed by atoms with Crippen molar-refractivity contribution in [1.29, 1.82) is 0 Å². The van der Waals surface area contributed by atoms with Crippen LogP contribution in [0.3, 0.4) is 0 Å². The van der Waals surface area contributed by atoms with Crippen LogP contribution < -0.4 is 10.2 Å². The summed E-state index contributed by atoms with van der Waals surface area (Å²) in [4.78, 5) is 11.2. The van der Waals surface area contributed by atoms with E-state index in [4.69, 9.17) is 4.74 Å². The van der Waals surface area contributed by atoms with Crippen molar-refractivity contribution in [3.8, 4) is 0 Å². The van der Waals surface area contributed by atoms with Crippen LogP contribution in [-0.4, -0.2) is 36.3 Å². The first kappa shape index (κ1) is 13.8. The first-order chi connectivity index (χ1) is 10.2. The highest BCUT2D eigenvalue weighted by atomic mass is 16.5. The highest BCUT2D eigenvalue weighted by Gasteiger charge is 2.13. The number of ether oxygens (including phenoxy) is 1. The monoisotopic (exact) mass is 284 g/mol. The van der Waals surface area contributed by atoms with E-state index in [0.717, 1.165) is 37.8 Å². The molecule has 5 heteroatoms. The molecule has 2 heterocycles. The van der Waals surface area contributed by atoms with Gasteiger partial charge in [0, 0.05) is 25.0 Å². The Balaban J connectivity index is 1.81. The zero-order chi connectivity index (χ0) is 14.7. The number of hydrogen-bond acceptors (Lipinski definition) is 5. The summed E-state index contributed by atoms with van der Waals surface area (Å²) in [5.74, 6) is 1.58. The Hall–Kier alpha value is -2.14. The van der Waals surface area contributed by atoms with E-state index < -0.39 is 0 Å². The summed E-state index contributed by atoms with van der Waals surface area (Å²) in [6, 6.07) is 8.13. The van der Waals surface area contributed by atoms with Crippen molar-refractivity contribution < 1.29 is 4.74 Å². The molecule has 110 valence electrons. The fourth-order valence-electron chi connectivity index (χ4n) is 2.38. The molecule has 1 aliphatic heterocycles. The van der Waals surface area contributed by atoms with E-state index in [2.05, 4.69) is 40.1 Å². The van der Waals surface area contributed by atoms with Crippen molar-refractivity contribution in [3.05, 3.63) is 41.6 Å². The van der Waals surface area contributed by atoms with Gasteiger partial charge in [-0.15, -0.1) is 0 Å². The van der Waals surface area contributed by atoms with E-state index in [1.54, 1.807) is 6.20 Å². The number of anilines is 3. The SMILES string of the molecule is Cc1cccc(Nc2nccc(N3CCOCC3)n2)c1C. The summed E-state index contributed by atoms with van der Waals surface area (Å²) in [7, 11) is 0. The molecule has 0 saturated carbocycles. The number of morpholine rings is 1. The fourth-order valence-corrected chi connectivity index (χ4v) is 2.38. The van der Waals surface area contributed by atoms with E-state index in [-0.39, 0.29) is 0 Å². The molecule has 0 bridgehead atoms. The number of hydrogen-bond donors (Lipinski definition) is 1. The Morgan fingerprint density at radius 2 is 1.95 bits per heavy atom. The molecule has 0 unspecified atom stereocenters. The normalized spacial score (nSPS) is 15.0. The van der Waals surface area contributed by atoms with Crippen LogP contribution in [0.4, 0.5) is 17.5 Å². The average Bonchev–Trinajstić information content (AvgIpc) is 2.53. The Morgan fingerprint density at radius 3 is 2.76 bits per heavy atom. The van der Waals surface area contributed by atoms with Gasteiger partial charge in [-0.05, 0) is 37.1 Å². The van der Waals surface area contributed by atoms with Gasteiger partial charge in [-0.25, -0.2) is 4.98 Å². The molecule has 1 aromatic carbocycles. The van der Waals surface area contributed by atoms with Gasteiger partial charge in [-0.3, -0.25) is 0 Å². The van der Waals surface area contributed by atoms with Crippen LogP contribution >= 0.6 is 0 Å². The molecule has 3 rings (SSSR count). The molecule has 1 aromatic heterocycles. The highest BCUT2D eigenvalue weighted by molar-refractivity contribution is 5.61. The number of aryl methyl sites for hydroxylation is 1. The zero-order valence-electron chi connectivity index (χ0n) is 12.5. The maximum Gasteiger partial charge on any atom is 0.229 e. The number of nitrogens with one attached hydrogen (secondary N) is 1. The quantitative estimate of drug-likeness (QED) is 0.939. The fraction of sp³-hybridized carbons (Fsp3) is 0.375. The van der Waals surface area contributed by atoms with Gasteiger partial charge < -0.3 is 15.0 Å². The molecular formula is C16H20N4O. The van der Waals surface area contributed by atoms with Crippen molar-refractivity contribution in [3.63, 3.8) is 0 Å². The summed E-state index contributed by atoms with van der Waals surface area (Å²) < 4.78 is 5.38. The smallest absolute Gasteiger partial charge is 0.229 e. The maximum absolute atomic E-state index is 5.38. The third kappa shape index (κ3) is 3.13. The van der Waals surface area contributed by atoms with E-state index in [1.165, 1.54) is 11.1 Å². The summed E-state index contributed by atoms with van der Waals surface area (Å²) in [5, 5.41) is 3.31. The van der Waals surface area contributed by atoms with Crippen LogP contribution in [0.5, 0.6) is 0 Å². The number of aromatic nitrogens is 2. The first-order valence-corrected chi connectivity index (χ1v) is 7.23. The van der Waals surface area contributed by atoms with Crippen LogP contribution in [0.15, 0.2) is 30.5 Å². The van der Waals surface area contributed by atoms with Gasteiger partial charge in [0.05, 0.1) is 13.2 Å². The lowest BCUT2D eigenvalue weighted by molar-refractivity contribution is 0.122. The molecule has 21 heavy (non-hydrogen) atoms. The van der Waals surface area contributed by atoms with E-state index in [1.807, 2.05) is 18.2 Å². The summed E-state index contributed by atoms with van der Waals surface area (Å²) in [6.07, 6.45) is 1.80. The third-order valence-corrected chi connectivity index (χ3v) is 3.83.